The van der Waals surface area contributed by atoms with Gasteiger partial charge in [-0.2, -0.15) is 0 Å². The molecule has 0 unspecified atom stereocenters. The van der Waals surface area contributed by atoms with Crippen LogP contribution in [0.25, 0.3) is 0 Å². The molecule has 8 nitrogen and oxygen atoms in total. The molecule has 146 valence electrons. The molecular weight excluding hydrogens is 382 g/mol. The van der Waals surface area contributed by atoms with Crippen molar-refractivity contribution in [3.8, 4) is 5.88 Å². The van der Waals surface area contributed by atoms with Gasteiger partial charge in [0.25, 0.3) is 5.88 Å². The lowest BCUT2D eigenvalue weighted by Crippen LogP contribution is -2.15. The summed E-state index contributed by atoms with van der Waals surface area (Å²) in [4.78, 5) is 28.1. The number of thiazole rings is 1. The van der Waals surface area contributed by atoms with Crippen molar-refractivity contribution in [2.45, 2.75) is 26.9 Å². The number of hydrogen-bond acceptors (Lipinski definition) is 8. The zero-order valence-corrected chi connectivity index (χ0v) is 16.2. The molecule has 0 aliphatic heterocycles. The number of anilines is 1. The van der Waals surface area contributed by atoms with Crippen LogP contribution < -0.4 is 10.1 Å². The van der Waals surface area contributed by atoms with Gasteiger partial charge in [-0.15, -0.1) is 11.3 Å². The van der Waals surface area contributed by atoms with E-state index in [0.717, 1.165) is 11.3 Å². The Morgan fingerprint density at radius 2 is 2.00 bits per heavy atom. The van der Waals surface area contributed by atoms with E-state index in [1.54, 1.807) is 18.4 Å². The van der Waals surface area contributed by atoms with Gasteiger partial charge in [-0.3, -0.25) is 4.79 Å². The summed E-state index contributed by atoms with van der Waals surface area (Å²) < 4.78 is 15.1. The summed E-state index contributed by atoms with van der Waals surface area (Å²) in [5.74, 6) is 0.111. The molecule has 0 aliphatic rings. The molecule has 0 fully saturated rings. The van der Waals surface area contributed by atoms with Gasteiger partial charge in [-0.05, 0) is 31.1 Å². The minimum Gasteiger partial charge on any atom is -0.463 e. The second-order valence-corrected chi connectivity index (χ2v) is 6.99. The molecule has 0 bridgehead atoms. The summed E-state index contributed by atoms with van der Waals surface area (Å²) in [5.41, 5.74) is 2.44. The number of carbonyl (C=O) groups is 2. The molecule has 1 aromatic carbocycles. The van der Waals surface area contributed by atoms with E-state index in [-0.39, 0.29) is 31.4 Å². The predicted molar refractivity (Wildman–Crippen MR) is 102 cm³/mol. The van der Waals surface area contributed by atoms with E-state index in [0.29, 0.717) is 16.5 Å². The van der Waals surface area contributed by atoms with Gasteiger partial charge in [0.1, 0.15) is 17.4 Å². The normalized spacial score (nSPS) is 10.5. The SMILES string of the molecule is Cc1ccc(NC(=O)Cc2nc(COC(=O)COc3cc(C)on3)cs2)cc1. The quantitative estimate of drug-likeness (QED) is 0.579. The minimum atomic E-state index is -0.549. The fourth-order valence-corrected chi connectivity index (χ4v) is 2.99. The van der Waals surface area contributed by atoms with Crippen molar-refractivity contribution in [3.63, 3.8) is 0 Å². The van der Waals surface area contributed by atoms with Crippen molar-refractivity contribution in [1.82, 2.24) is 10.1 Å². The topological polar surface area (TPSA) is 104 Å². The Morgan fingerprint density at radius 1 is 1.21 bits per heavy atom. The maximum absolute atomic E-state index is 12.1. The molecule has 0 radical (unpaired) electrons. The molecule has 0 spiro atoms. The van der Waals surface area contributed by atoms with Crippen LogP contribution in [-0.4, -0.2) is 28.6 Å². The predicted octanol–water partition coefficient (Wildman–Crippen LogP) is 3.05. The summed E-state index contributed by atoms with van der Waals surface area (Å²) in [6.07, 6.45) is 0.154. The van der Waals surface area contributed by atoms with Crippen LogP contribution in [0.3, 0.4) is 0 Å². The van der Waals surface area contributed by atoms with E-state index in [1.165, 1.54) is 11.3 Å². The molecule has 0 atom stereocenters. The van der Waals surface area contributed by atoms with Gasteiger partial charge in [0.05, 0.1) is 12.1 Å². The van der Waals surface area contributed by atoms with Crippen LogP contribution in [0.1, 0.15) is 22.0 Å². The van der Waals surface area contributed by atoms with E-state index in [9.17, 15) is 9.59 Å². The highest BCUT2D eigenvalue weighted by Crippen LogP contribution is 2.14. The van der Waals surface area contributed by atoms with Crippen molar-refractivity contribution in [1.29, 1.82) is 0 Å². The Balaban J connectivity index is 1.41. The number of aryl methyl sites for hydroxylation is 2. The molecule has 9 heteroatoms. The lowest BCUT2D eigenvalue weighted by atomic mass is 10.2. The number of carbonyl (C=O) groups excluding carboxylic acids is 2. The fraction of sp³-hybridized carbons (Fsp3) is 0.263. The van der Waals surface area contributed by atoms with Crippen LogP contribution in [0, 0.1) is 13.8 Å². The van der Waals surface area contributed by atoms with E-state index >= 15 is 0 Å². The first-order valence-corrected chi connectivity index (χ1v) is 9.37. The summed E-state index contributed by atoms with van der Waals surface area (Å²) >= 11 is 1.34. The third-order valence-corrected chi connectivity index (χ3v) is 4.47. The molecule has 2 aromatic heterocycles. The number of esters is 1. The highest BCUT2D eigenvalue weighted by atomic mass is 32.1. The number of rotatable bonds is 8. The lowest BCUT2D eigenvalue weighted by Gasteiger charge is -2.04. The molecule has 1 N–H and O–H groups in total. The summed E-state index contributed by atoms with van der Waals surface area (Å²) in [6.45, 7) is 3.44. The van der Waals surface area contributed by atoms with Gasteiger partial charge >= 0.3 is 5.97 Å². The molecule has 0 saturated heterocycles. The van der Waals surface area contributed by atoms with Crippen LogP contribution in [0.4, 0.5) is 5.69 Å². The fourth-order valence-electron chi connectivity index (χ4n) is 2.22. The van der Waals surface area contributed by atoms with E-state index < -0.39 is 5.97 Å². The zero-order chi connectivity index (χ0) is 19.9. The average molecular weight is 401 g/mol. The first-order valence-electron chi connectivity index (χ1n) is 8.49. The van der Waals surface area contributed by atoms with Crippen molar-refractivity contribution < 1.29 is 23.6 Å². The summed E-state index contributed by atoms with van der Waals surface area (Å²) in [5, 5.41) is 8.84. The Hall–Kier alpha value is -3.20. The number of aromatic nitrogens is 2. The lowest BCUT2D eigenvalue weighted by molar-refractivity contribution is -0.147. The van der Waals surface area contributed by atoms with Crippen LogP contribution in [0.15, 0.2) is 40.2 Å². The van der Waals surface area contributed by atoms with E-state index in [2.05, 4.69) is 15.5 Å². The molecule has 28 heavy (non-hydrogen) atoms. The van der Waals surface area contributed by atoms with Crippen LogP contribution in [-0.2, 0) is 27.4 Å². The van der Waals surface area contributed by atoms with Crippen LogP contribution in [0.2, 0.25) is 0 Å². The van der Waals surface area contributed by atoms with Gasteiger partial charge in [-0.1, -0.05) is 17.7 Å². The van der Waals surface area contributed by atoms with Gasteiger partial charge in [0.2, 0.25) is 5.91 Å². The number of nitrogens with one attached hydrogen (secondary N) is 1. The molecule has 1 amide bonds. The van der Waals surface area contributed by atoms with Gasteiger partial charge < -0.3 is 19.3 Å². The summed E-state index contributed by atoms with van der Waals surface area (Å²) in [6, 6.07) is 9.13. The monoisotopic (exact) mass is 401 g/mol. The highest BCUT2D eigenvalue weighted by molar-refractivity contribution is 7.09. The average Bonchev–Trinajstić information content (AvgIpc) is 3.29. The maximum atomic E-state index is 12.1. The second-order valence-electron chi connectivity index (χ2n) is 6.05. The Morgan fingerprint density at radius 3 is 2.71 bits per heavy atom. The van der Waals surface area contributed by atoms with Crippen molar-refractivity contribution in [2.24, 2.45) is 0 Å². The molecule has 2 heterocycles. The number of ether oxygens (including phenoxy) is 2. The number of nitrogens with zero attached hydrogens (tertiary/aromatic N) is 2. The molecule has 3 aromatic rings. The first-order chi connectivity index (χ1) is 13.5. The highest BCUT2D eigenvalue weighted by Gasteiger charge is 2.11. The van der Waals surface area contributed by atoms with Crippen molar-refractivity contribution in [2.75, 3.05) is 11.9 Å². The zero-order valence-electron chi connectivity index (χ0n) is 15.4. The van der Waals surface area contributed by atoms with E-state index in [1.807, 2.05) is 31.2 Å². The van der Waals surface area contributed by atoms with Crippen molar-refractivity contribution >= 4 is 28.9 Å². The van der Waals surface area contributed by atoms with E-state index in [4.69, 9.17) is 14.0 Å². The largest absolute Gasteiger partial charge is 0.463 e. The maximum Gasteiger partial charge on any atom is 0.344 e. The summed E-state index contributed by atoms with van der Waals surface area (Å²) in [7, 11) is 0. The Labute approximate surface area is 165 Å². The van der Waals surface area contributed by atoms with Crippen LogP contribution >= 0.6 is 11.3 Å². The smallest absolute Gasteiger partial charge is 0.344 e. The minimum absolute atomic E-state index is 0.0100. The van der Waals surface area contributed by atoms with Gasteiger partial charge in [-0.25, -0.2) is 9.78 Å². The number of hydrogen-bond donors (Lipinski definition) is 1. The number of benzene rings is 1. The molecule has 0 saturated carbocycles. The van der Waals surface area contributed by atoms with Gasteiger partial charge in [0.15, 0.2) is 6.61 Å². The third kappa shape index (κ3) is 5.92. The Kier molecular flexibility index (Phi) is 6.38. The first kappa shape index (κ1) is 19.6. The van der Waals surface area contributed by atoms with Crippen LogP contribution in [0.5, 0.6) is 5.88 Å². The van der Waals surface area contributed by atoms with Gasteiger partial charge in [0, 0.05) is 17.1 Å². The second kappa shape index (κ2) is 9.14. The number of amides is 1. The molecule has 0 aliphatic carbocycles. The van der Waals surface area contributed by atoms with Crippen molar-refractivity contribution in [3.05, 3.63) is 57.7 Å². The Bertz CT molecular complexity index is 949. The molecular formula is C19H19N3O5S. The standard InChI is InChI=1S/C19H19N3O5S/c1-12-3-5-14(6-4-12)20-16(23)8-18-21-15(11-28-18)9-26-19(24)10-25-17-7-13(2)27-22-17/h3-7,11H,8-10H2,1-2H3,(H,20,23). The third-order valence-electron chi connectivity index (χ3n) is 3.57. The molecule has 3 rings (SSSR count).